The van der Waals surface area contributed by atoms with Gasteiger partial charge in [0, 0.05) is 13.1 Å². The molecule has 1 aliphatic heterocycles. The van der Waals surface area contributed by atoms with Crippen molar-refractivity contribution in [3.8, 4) is 5.75 Å². The maximum absolute atomic E-state index is 12.6. The molecule has 0 aromatic heterocycles. The summed E-state index contributed by atoms with van der Waals surface area (Å²) in [5.74, 6) is 0.0295. The van der Waals surface area contributed by atoms with Gasteiger partial charge in [0.25, 0.3) is 5.91 Å². The number of hydrogen-bond donors (Lipinski definition) is 1. The first kappa shape index (κ1) is 20.6. The summed E-state index contributed by atoms with van der Waals surface area (Å²) in [6.45, 7) is 3.13. The molecule has 2 aromatic carbocycles. The van der Waals surface area contributed by atoms with Crippen molar-refractivity contribution >= 4 is 33.2 Å². The summed E-state index contributed by atoms with van der Waals surface area (Å²) in [6.07, 6.45) is 0. The summed E-state index contributed by atoms with van der Waals surface area (Å²) < 4.78 is 37.2. The van der Waals surface area contributed by atoms with E-state index in [1.807, 2.05) is 13.0 Å². The van der Waals surface area contributed by atoms with E-state index in [9.17, 15) is 13.2 Å². The predicted molar refractivity (Wildman–Crippen MR) is 106 cm³/mol. The van der Waals surface area contributed by atoms with Gasteiger partial charge in [0.15, 0.2) is 6.61 Å². The molecule has 1 aliphatic rings. The summed E-state index contributed by atoms with van der Waals surface area (Å²) >= 11 is 6.09. The van der Waals surface area contributed by atoms with Gasteiger partial charge in [-0.25, -0.2) is 8.42 Å². The maximum atomic E-state index is 12.6. The smallest absolute Gasteiger partial charge is 0.262 e. The molecule has 0 aliphatic carbocycles. The fourth-order valence-electron chi connectivity index (χ4n) is 2.70. The molecular weight excluding hydrogens is 404 g/mol. The van der Waals surface area contributed by atoms with Gasteiger partial charge >= 0.3 is 0 Å². The van der Waals surface area contributed by atoms with Crippen LogP contribution in [0.4, 0.5) is 5.69 Å². The summed E-state index contributed by atoms with van der Waals surface area (Å²) in [4.78, 5) is 12.2. The van der Waals surface area contributed by atoms with E-state index in [1.54, 1.807) is 12.1 Å². The number of aryl methyl sites for hydroxylation is 1. The number of carbonyl (C=O) groups excluding carboxylic acids is 1. The van der Waals surface area contributed by atoms with Crippen molar-refractivity contribution in [2.24, 2.45) is 0 Å². The number of hydrogen-bond acceptors (Lipinski definition) is 5. The number of ether oxygens (including phenoxy) is 2. The van der Waals surface area contributed by atoms with Gasteiger partial charge in [0.1, 0.15) is 5.75 Å². The molecule has 1 N–H and O–H groups in total. The van der Waals surface area contributed by atoms with E-state index >= 15 is 0 Å². The maximum Gasteiger partial charge on any atom is 0.262 e. The fourth-order valence-corrected chi connectivity index (χ4v) is 4.39. The van der Waals surface area contributed by atoms with Crippen LogP contribution in [0.15, 0.2) is 47.4 Å². The van der Waals surface area contributed by atoms with Crippen LogP contribution >= 0.6 is 11.6 Å². The van der Waals surface area contributed by atoms with E-state index in [0.29, 0.717) is 42.8 Å². The second-order valence-electron chi connectivity index (χ2n) is 6.31. The van der Waals surface area contributed by atoms with Crippen molar-refractivity contribution in [3.05, 3.63) is 53.1 Å². The van der Waals surface area contributed by atoms with Crippen LogP contribution in [-0.4, -0.2) is 51.5 Å². The number of sulfonamides is 1. The van der Waals surface area contributed by atoms with Gasteiger partial charge in [-0.05, 0) is 48.9 Å². The molecule has 0 unspecified atom stereocenters. The molecule has 0 spiro atoms. The molecule has 9 heteroatoms. The number of halogens is 1. The average Bonchev–Trinajstić information content (AvgIpc) is 2.69. The quantitative estimate of drug-likeness (QED) is 0.770. The first-order chi connectivity index (χ1) is 13.4. The Bertz CT molecular complexity index is 941. The Kier molecular flexibility index (Phi) is 6.56. The van der Waals surface area contributed by atoms with Gasteiger partial charge < -0.3 is 14.8 Å². The summed E-state index contributed by atoms with van der Waals surface area (Å²) in [6, 6.07) is 11.3. The van der Waals surface area contributed by atoms with E-state index < -0.39 is 10.0 Å². The lowest BCUT2D eigenvalue weighted by Crippen LogP contribution is -2.40. The zero-order valence-corrected chi connectivity index (χ0v) is 16.9. The normalized spacial score (nSPS) is 15.2. The first-order valence-corrected chi connectivity index (χ1v) is 10.5. The Labute approximate surface area is 169 Å². The number of nitrogens with one attached hydrogen (secondary N) is 1. The lowest BCUT2D eigenvalue weighted by molar-refractivity contribution is -0.118. The van der Waals surface area contributed by atoms with E-state index in [4.69, 9.17) is 21.1 Å². The molecule has 1 heterocycles. The van der Waals surface area contributed by atoms with Gasteiger partial charge in [-0.1, -0.05) is 17.7 Å². The number of benzene rings is 2. The summed E-state index contributed by atoms with van der Waals surface area (Å²) in [7, 11) is -3.56. The summed E-state index contributed by atoms with van der Waals surface area (Å²) in [5, 5.41) is 3.13. The molecule has 1 fully saturated rings. The minimum absolute atomic E-state index is 0.178. The molecule has 2 aromatic rings. The van der Waals surface area contributed by atoms with E-state index in [2.05, 4.69) is 5.32 Å². The van der Waals surface area contributed by atoms with E-state index in [0.717, 1.165) is 5.56 Å². The zero-order valence-electron chi connectivity index (χ0n) is 15.4. The Hall–Kier alpha value is -2.13. The molecule has 7 nitrogen and oxygen atoms in total. The average molecular weight is 425 g/mol. The Morgan fingerprint density at radius 2 is 1.86 bits per heavy atom. The van der Waals surface area contributed by atoms with Crippen molar-refractivity contribution in [1.29, 1.82) is 0 Å². The third kappa shape index (κ3) is 5.02. The molecule has 3 rings (SSSR count). The van der Waals surface area contributed by atoms with Gasteiger partial charge in [-0.3, -0.25) is 4.79 Å². The molecular formula is C19H21ClN2O5S. The highest BCUT2D eigenvalue weighted by molar-refractivity contribution is 7.89. The Morgan fingerprint density at radius 3 is 2.50 bits per heavy atom. The highest BCUT2D eigenvalue weighted by Gasteiger charge is 2.26. The Balaban J connectivity index is 1.57. The molecule has 150 valence electrons. The number of amides is 1. The van der Waals surface area contributed by atoms with Gasteiger partial charge in [0.05, 0.1) is 28.8 Å². The number of nitrogens with zero attached hydrogens (tertiary/aromatic N) is 1. The van der Waals surface area contributed by atoms with Crippen LogP contribution in [-0.2, 0) is 19.6 Å². The Morgan fingerprint density at radius 1 is 1.18 bits per heavy atom. The van der Waals surface area contributed by atoms with Crippen LogP contribution in [0.25, 0.3) is 0 Å². The van der Waals surface area contributed by atoms with Crippen molar-refractivity contribution in [3.63, 3.8) is 0 Å². The van der Waals surface area contributed by atoms with Crippen LogP contribution in [0.2, 0.25) is 5.02 Å². The van der Waals surface area contributed by atoms with Crippen LogP contribution in [0.3, 0.4) is 0 Å². The highest BCUT2D eigenvalue weighted by Crippen LogP contribution is 2.23. The van der Waals surface area contributed by atoms with Gasteiger partial charge in [-0.15, -0.1) is 0 Å². The fraction of sp³-hybridized carbons (Fsp3) is 0.316. The molecule has 28 heavy (non-hydrogen) atoms. The van der Waals surface area contributed by atoms with Crippen LogP contribution in [0, 0.1) is 6.92 Å². The van der Waals surface area contributed by atoms with Crippen molar-refractivity contribution in [2.75, 3.05) is 38.2 Å². The lowest BCUT2D eigenvalue weighted by atomic mass is 10.2. The zero-order chi connectivity index (χ0) is 20.1. The number of rotatable bonds is 6. The van der Waals surface area contributed by atoms with Crippen LogP contribution in [0.1, 0.15) is 5.56 Å². The topological polar surface area (TPSA) is 84.9 Å². The van der Waals surface area contributed by atoms with E-state index in [1.165, 1.54) is 28.6 Å². The van der Waals surface area contributed by atoms with Crippen molar-refractivity contribution in [1.82, 2.24) is 4.31 Å². The number of carbonyl (C=O) groups is 1. The van der Waals surface area contributed by atoms with Gasteiger partial charge in [0.2, 0.25) is 10.0 Å². The largest absolute Gasteiger partial charge is 0.484 e. The summed E-state index contributed by atoms with van der Waals surface area (Å²) in [5.41, 5.74) is 1.50. The van der Waals surface area contributed by atoms with E-state index in [-0.39, 0.29) is 17.4 Å². The predicted octanol–water partition coefficient (Wildman–Crippen LogP) is 2.69. The SMILES string of the molecule is Cc1ccc(NC(=O)COc2ccc(S(=O)(=O)N3CCOCC3)cc2)c(Cl)c1. The van der Waals surface area contributed by atoms with Crippen molar-refractivity contribution < 1.29 is 22.7 Å². The minimum Gasteiger partial charge on any atom is -0.484 e. The van der Waals surface area contributed by atoms with Crippen molar-refractivity contribution in [2.45, 2.75) is 11.8 Å². The second kappa shape index (κ2) is 8.91. The van der Waals surface area contributed by atoms with Crippen LogP contribution < -0.4 is 10.1 Å². The highest BCUT2D eigenvalue weighted by atomic mass is 35.5. The number of anilines is 1. The molecule has 1 amide bonds. The molecule has 0 saturated carbocycles. The molecule has 0 bridgehead atoms. The monoisotopic (exact) mass is 424 g/mol. The third-order valence-electron chi connectivity index (χ3n) is 4.20. The third-order valence-corrected chi connectivity index (χ3v) is 6.43. The number of morpholine rings is 1. The van der Waals surface area contributed by atoms with Crippen LogP contribution in [0.5, 0.6) is 5.75 Å². The molecule has 0 atom stereocenters. The first-order valence-electron chi connectivity index (χ1n) is 8.73. The second-order valence-corrected chi connectivity index (χ2v) is 8.65. The minimum atomic E-state index is -3.56. The molecule has 0 radical (unpaired) electrons. The standard InChI is InChI=1S/C19H21ClN2O5S/c1-14-2-7-18(17(20)12-14)21-19(23)13-27-15-3-5-16(6-4-15)28(24,25)22-8-10-26-11-9-22/h2-7,12H,8-11,13H2,1H3,(H,21,23). The lowest BCUT2D eigenvalue weighted by Gasteiger charge is -2.26. The van der Waals surface area contributed by atoms with Gasteiger partial charge in [-0.2, -0.15) is 4.31 Å². The molecule has 1 saturated heterocycles.